The third-order valence-corrected chi connectivity index (χ3v) is 5.66. The van der Waals surface area contributed by atoms with E-state index in [4.69, 9.17) is 9.37 Å². The van der Waals surface area contributed by atoms with Crippen molar-refractivity contribution in [3.8, 4) is 0 Å². The van der Waals surface area contributed by atoms with Crippen molar-refractivity contribution in [3.63, 3.8) is 0 Å². The Morgan fingerprint density at radius 3 is 2.67 bits per heavy atom. The first-order valence-corrected chi connectivity index (χ1v) is 9.93. The molecule has 2 aliphatic heterocycles. The van der Waals surface area contributed by atoms with Crippen LogP contribution in [0.2, 0.25) is 0 Å². The fourth-order valence-corrected chi connectivity index (χ4v) is 4.32. The largest absolute Gasteiger partial charge is 0.390 e. The summed E-state index contributed by atoms with van der Waals surface area (Å²) in [6.45, 7) is 12.8. The van der Waals surface area contributed by atoms with Gasteiger partial charge in [-0.3, -0.25) is 4.90 Å². The molecule has 0 amide bonds. The van der Waals surface area contributed by atoms with Crippen LogP contribution in [0.25, 0.3) is 11.0 Å². The minimum atomic E-state index is -0.698. The summed E-state index contributed by atoms with van der Waals surface area (Å²) in [5, 5.41) is 18.4. The minimum Gasteiger partial charge on any atom is -0.390 e. The van der Waals surface area contributed by atoms with Gasteiger partial charge in [0, 0.05) is 38.6 Å². The van der Waals surface area contributed by atoms with Crippen molar-refractivity contribution < 1.29 is 14.5 Å². The molecule has 1 aromatic carbocycles. The SMILES string of the molecule is CC(CC(C)(C)O)c1cc(N2CC(CN3CCOCC3)C2)c2nonc2c1. The average molecular weight is 374 g/mol. The van der Waals surface area contributed by atoms with Gasteiger partial charge in [0.05, 0.1) is 24.5 Å². The molecule has 1 atom stereocenters. The van der Waals surface area contributed by atoms with Crippen molar-refractivity contribution in [2.24, 2.45) is 5.92 Å². The van der Waals surface area contributed by atoms with Crippen LogP contribution >= 0.6 is 0 Å². The lowest BCUT2D eigenvalue weighted by atomic mass is 9.88. The quantitative estimate of drug-likeness (QED) is 0.831. The molecule has 2 saturated heterocycles. The predicted octanol–water partition coefficient (Wildman–Crippen LogP) is 2.26. The van der Waals surface area contributed by atoms with E-state index in [9.17, 15) is 5.11 Å². The maximum Gasteiger partial charge on any atom is 0.158 e. The van der Waals surface area contributed by atoms with Crippen LogP contribution in [0.5, 0.6) is 0 Å². The van der Waals surface area contributed by atoms with Crippen molar-refractivity contribution in [1.82, 2.24) is 15.2 Å². The summed E-state index contributed by atoms with van der Waals surface area (Å²) in [5.41, 5.74) is 3.20. The van der Waals surface area contributed by atoms with Gasteiger partial charge in [-0.25, -0.2) is 4.63 Å². The van der Waals surface area contributed by atoms with Gasteiger partial charge in [-0.1, -0.05) is 6.92 Å². The van der Waals surface area contributed by atoms with Gasteiger partial charge in [0.25, 0.3) is 0 Å². The highest BCUT2D eigenvalue weighted by Gasteiger charge is 2.31. The third kappa shape index (κ3) is 4.25. The van der Waals surface area contributed by atoms with Gasteiger partial charge in [0.2, 0.25) is 0 Å². The van der Waals surface area contributed by atoms with E-state index in [1.54, 1.807) is 0 Å². The van der Waals surface area contributed by atoms with E-state index in [0.29, 0.717) is 12.3 Å². The zero-order chi connectivity index (χ0) is 19.0. The highest BCUT2D eigenvalue weighted by molar-refractivity contribution is 5.89. The van der Waals surface area contributed by atoms with Gasteiger partial charge < -0.3 is 14.7 Å². The fraction of sp³-hybridized carbons (Fsp3) is 0.700. The monoisotopic (exact) mass is 374 g/mol. The fourth-order valence-electron chi connectivity index (χ4n) is 4.32. The molecule has 1 N–H and O–H groups in total. The number of morpholine rings is 1. The van der Waals surface area contributed by atoms with Crippen molar-refractivity contribution in [1.29, 1.82) is 0 Å². The topological polar surface area (TPSA) is 74.9 Å². The second-order valence-corrected chi connectivity index (χ2v) is 8.77. The molecule has 0 aliphatic carbocycles. The molecule has 27 heavy (non-hydrogen) atoms. The Balaban J connectivity index is 1.47. The lowest BCUT2D eigenvalue weighted by Crippen LogP contribution is -2.53. The molecule has 0 bridgehead atoms. The van der Waals surface area contributed by atoms with Gasteiger partial charge in [0.15, 0.2) is 5.52 Å². The third-order valence-electron chi connectivity index (χ3n) is 5.66. The summed E-state index contributed by atoms with van der Waals surface area (Å²) in [6, 6.07) is 4.24. The summed E-state index contributed by atoms with van der Waals surface area (Å²) in [7, 11) is 0. The summed E-state index contributed by atoms with van der Waals surface area (Å²) in [6.07, 6.45) is 0.697. The van der Waals surface area contributed by atoms with Crippen LogP contribution in [0.1, 0.15) is 38.7 Å². The van der Waals surface area contributed by atoms with E-state index in [1.165, 1.54) is 5.56 Å². The van der Waals surface area contributed by atoms with Gasteiger partial charge in [-0.2, -0.15) is 0 Å². The van der Waals surface area contributed by atoms with Gasteiger partial charge in [0.1, 0.15) is 5.52 Å². The minimum absolute atomic E-state index is 0.232. The highest BCUT2D eigenvalue weighted by atomic mass is 16.6. The molecule has 7 nitrogen and oxygen atoms in total. The second-order valence-electron chi connectivity index (χ2n) is 8.77. The number of ether oxygens (including phenoxy) is 1. The number of fused-ring (bicyclic) bond motifs is 1. The number of rotatable bonds is 6. The highest BCUT2D eigenvalue weighted by Crippen LogP contribution is 2.35. The summed E-state index contributed by atoms with van der Waals surface area (Å²) >= 11 is 0. The Bertz CT molecular complexity index is 773. The van der Waals surface area contributed by atoms with Crippen LogP contribution < -0.4 is 4.90 Å². The standard InChI is InChI=1S/C20H30N4O3/c1-14(10-20(2,3)25)16-8-17-19(22-27-21-17)18(9-16)24-12-15(13-24)11-23-4-6-26-7-5-23/h8-9,14-15,25H,4-7,10-13H2,1-3H3. The maximum atomic E-state index is 10.2. The van der Waals surface area contributed by atoms with E-state index in [2.05, 4.69) is 33.1 Å². The Morgan fingerprint density at radius 2 is 1.96 bits per heavy atom. The number of nitrogens with zero attached hydrogens (tertiary/aromatic N) is 4. The van der Waals surface area contributed by atoms with E-state index in [-0.39, 0.29) is 5.92 Å². The van der Waals surface area contributed by atoms with E-state index >= 15 is 0 Å². The molecular weight excluding hydrogens is 344 g/mol. The Kier molecular flexibility index (Phi) is 5.09. The summed E-state index contributed by atoms with van der Waals surface area (Å²) in [4.78, 5) is 4.87. The molecule has 4 rings (SSSR count). The van der Waals surface area contributed by atoms with Crippen molar-refractivity contribution >= 4 is 16.7 Å². The van der Waals surface area contributed by atoms with Gasteiger partial charge >= 0.3 is 0 Å². The Morgan fingerprint density at radius 1 is 1.22 bits per heavy atom. The average Bonchev–Trinajstić information content (AvgIpc) is 3.05. The molecule has 2 aliphatic rings. The molecule has 0 saturated carbocycles. The number of aromatic nitrogens is 2. The van der Waals surface area contributed by atoms with Crippen LogP contribution in [0, 0.1) is 5.92 Å². The van der Waals surface area contributed by atoms with Gasteiger partial charge in [-0.15, -0.1) is 0 Å². The zero-order valence-electron chi connectivity index (χ0n) is 16.5. The lowest BCUT2D eigenvalue weighted by molar-refractivity contribution is 0.0286. The number of anilines is 1. The molecule has 2 aromatic rings. The second kappa shape index (κ2) is 7.37. The summed E-state index contributed by atoms with van der Waals surface area (Å²) < 4.78 is 10.4. The van der Waals surface area contributed by atoms with E-state index in [1.807, 2.05) is 19.9 Å². The Hall–Kier alpha value is -1.70. The van der Waals surface area contributed by atoms with Crippen LogP contribution in [0.15, 0.2) is 16.8 Å². The molecule has 7 heteroatoms. The molecule has 1 aromatic heterocycles. The first-order valence-electron chi connectivity index (χ1n) is 9.93. The van der Waals surface area contributed by atoms with E-state index < -0.39 is 5.60 Å². The first kappa shape index (κ1) is 18.7. The molecule has 0 radical (unpaired) electrons. The number of hydrogen-bond acceptors (Lipinski definition) is 7. The molecule has 148 valence electrons. The van der Waals surface area contributed by atoms with Crippen LogP contribution in [0.4, 0.5) is 5.69 Å². The predicted molar refractivity (Wildman–Crippen MR) is 104 cm³/mol. The number of aliphatic hydroxyl groups is 1. The first-order chi connectivity index (χ1) is 12.9. The zero-order valence-corrected chi connectivity index (χ0v) is 16.5. The van der Waals surface area contributed by atoms with Crippen LogP contribution in [-0.4, -0.2) is 71.9 Å². The van der Waals surface area contributed by atoms with Crippen LogP contribution in [0.3, 0.4) is 0 Å². The Labute approximate surface area is 160 Å². The molecule has 2 fully saturated rings. The maximum absolute atomic E-state index is 10.2. The summed E-state index contributed by atoms with van der Waals surface area (Å²) in [5.74, 6) is 0.908. The molecule has 0 spiro atoms. The smallest absolute Gasteiger partial charge is 0.158 e. The van der Waals surface area contributed by atoms with Crippen LogP contribution in [-0.2, 0) is 4.74 Å². The van der Waals surface area contributed by atoms with E-state index in [0.717, 1.165) is 62.7 Å². The number of hydrogen-bond donors (Lipinski definition) is 1. The molecule has 1 unspecified atom stereocenters. The normalized spacial score (nSPS) is 20.8. The van der Waals surface area contributed by atoms with Crippen molar-refractivity contribution in [2.75, 3.05) is 50.8 Å². The van der Waals surface area contributed by atoms with Crippen molar-refractivity contribution in [3.05, 3.63) is 17.7 Å². The number of benzene rings is 1. The molecule has 3 heterocycles. The molecular formula is C20H30N4O3. The van der Waals surface area contributed by atoms with Gasteiger partial charge in [-0.05, 0) is 54.2 Å². The van der Waals surface area contributed by atoms with Crippen molar-refractivity contribution in [2.45, 2.75) is 38.7 Å². The lowest BCUT2D eigenvalue weighted by Gasteiger charge is -2.44.